The average Bonchev–Trinajstić information content (AvgIpc) is 2.88. The topological polar surface area (TPSA) is 120 Å². The number of carbonyl (C=O) groups excluding carboxylic acids is 1. The van der Waals surface area contributed by atoms with Gasteiger partial charge in [-0.05, 0) is 48.9 Å². The molecule has 5 rings (SSSR count). The summed E-state index contributed by atoms with van der Waals surface area (Å²) >= 11 is 0. The first-order chi connectivity index (χ1) is 17.4. The summed E-state index contributed by atoms with van der Waals surface area (Å²) < 4.78 is 11.0. The molecule has 0 bridgehead atoms. The van der Waals surface area contributed by atoms with Crippen LogP contribution in [0.25, 0.3) is 10.9 Å². The van der Waals surface area contributed by atoms with Gasteiger partial charge in [0.15, 0.2) is 0 Å². The Bertz CT molecular complexity index is 1390. The van der Waals surface area contributed by atoms with Crippen LogP contribution < -0.4 is 10.7 Å². The number of nitrogens with zero attached hydrogens (tertiary/aromatic N) is 6. The van der Waals surface area contributed by atoms with Crippen LogP contribution in [-0.4, -0.2) is 58.2 Å². The lowest BCUT2D eigenvalue weighted by Crippen LogP contribution is -2.48. The van der Waals surface area contributed by atoms with Gasteiger partial charge in [0.25, 0.3) is 5.91 Å². The number of aromatic nitrogens is 4. The first-order valence-corrected chi connectivity index (χ1v) is 11.5. The Labute approximate surface area is 208 Å². The molecule has 4 aromatic rings. The van der Waals surface area contributed by atoms with E-state index in [2.05, 4.69) is 19.9 Å². The van der Waals surface area contributed by atoms with Gasteiger partial charge in [-0.3, -0.25) is 14.8 Å². The van der Waals surface area contributed by atoms with Crippen LogP contribution in [0.4, 0.5) is 11.8 Å². The number of hydrogen-bond donors (Lipinski definition) is 1. The van der Waals surface area contributed by atoms with E-state index in [-0.39, 0.29) is 12.5 Å². The van der Waals surface area contributed by atoms with Crippen molar-refractivity contribution in [2.75, 3.05) is 38.1 Å². The molecular weight excluding hydrogens is 458 g/mol. The molecule has 1 aromatic carbocycles. The molecule has 1 aliphatic rings. The third-order valence-electron chi connectivity index (χ3n) is 6.45. The normalized spacial score (nSPS) is 14.3. The minimum atomic E-state index is -0.462. The fourth-order valence-corrected chi connectivity index (χ4v) is 4.09. The van der Waals surface area contributed by atoms with Gasteiger partial charge in [-0.1, -0.05) is 6.07 Å². The van der Waals surface area contributed by atoms with Crippen LogP contribution in [0.5, 0.6) is 0 Å². The number of carbonyl (C=O) groups is 1. The summed E-state index contributed by atoms with van der Waals surface area (Å²) in [4.78, 5) is 31.5. The van der Waals surface area contributed by atoms with E-state index in [1.165, 1.54) is 0 Å². The lowest BCUT2D eigenvalue weighted by molar-refractivity contribution is -0.202. The van der Waals surface area contributed by atoms with Crippen molar-refractivity contribution in [1.82, 2.24) is 24.9 Å². The summed E-state index contributed by atoms with van der Waals surface area (Å²) in [5, 5.41) is 4.03. The lowest BCUT2D eigenvalue weighted by atomic mass is 9.93. The zero-order valence-electron chi connectivity index (χ0n) is 20.4. The molecule has 0 unspecified atom stereocenters. The molecule has 3 aromatic heterocycles. The van der Waals surface area contributed by atoms with Crippen LogP contribution >= 0.6 is 0 Å². The molecule has 0 radical (unpaired) electrons. The van der Waals surface area contributed by atoms with Crippen LogP contribution in [0.1, 0.15) is 27.2 Å². The van der Waals surface area contributed by atoms with Gasteiger partial charge < -0.3 is 15.2 Å². The van der Waals surface area contributed by atoms with Gasteiger partial charge in [0.1, 0.15) is 11.4 Å². The summed E-state index contributed by atoms with van der Waals surface area (Å²) in [5.41, 5.74) is 9.21. The molecule has 1 amide bonds. The number of hydrazine groups is 1. The van der Waals surface area contributed by atoms with E-state index in [4.69, 9.17) is 15.2 Å². The summed E-state index contributed by atoms with van der Waals surface area (Å²) in [5.74, 6) is 0.633. The van der Waals surface area contributed by atoms with Gasteiger partial charge in [0.05, 0.1) is 31.0 Å². The van der Waals surface area contributed by atoms with E-state index in [1.807, 2.05) is 31.2 Å². The molecule has 0 atom stereocenters. The van der Waals surface area contributed by atoms with E-state index < -0.39 is 5.60 Å². The molecule has 0 saturated carbocycles. The zero-order valence-corrected chi connectivity index (χ0v) is 20.4. The number of hydrogen-bond acceptors (Lipinski definition) is 9. The highest BCUT2D eigenvalue weighted by Gasteiger charge is 2.41. The predicted molar refractivity (Wildman–Crippen MR) is 135 cm³/mol. The van der Waals surface area contributed by atoms with E-state index in [0.717, 1.165) is 22.0 Å². The Morgan fingerprint density at radius 3 is 2.56 bits per heavy atom. The number of fused-ring (bicyclic) bond motifs is 1. The largest absolute Gasteiger partial charge is 0.383 e. The van der Waals surface area contributed by atoms with Crippen molar-refractivity contribution in [1.29, 1.82) is 0 Å². The number of nitrogens with two attached hydrogens (primary N) is 1. The molecule has 0 spiro atoms. The van der Waals surface area contributed by atoms with Gasteiger partial charge >= 0.3 is 0 Å². The standard InChI is InChI=1S/C26H27N7O3/c1-17-11-19-12-18(5-8-22(19)31-23(17)27)24(34)33(32(2)25-28-9-4-10-29-25)14-21-7-6-20(13-30-21)26(35-3)15-36-16-26/h4-13H,14-16H2,1-3H3,(H2,27,31). The number of pyridine rings is 2. The smallest absolute Gasteiger partial charge is 0.272 e. The quantitative estimate of drug-likeness (QED) is 0.394. The first kappa shape index (κ1) is 23.6. The van der Waals surface area contributed by atoms with Crippen molar-refractivity contribution in [3.63, 3.8) is 0 Å². The Morgan fingerprint density at radius 2 is 1.92 bits per heavy atom. The summed E-state index contributed by atoms with van der Waals surface area (Å²) in [7, 11) is 3.42. The molecular formula is C26H27N7O3. The molecule has 1 aliphatic heterocycles. The maximum atomic E-state index is 13.8. The number of ether oxygens (including phenoxy) is 2. The maximum Gasteiger partial charge on any atom is 0.272 e. The number of amides is 1. The van der Waals surface area contributed by atoms with Crippen molar-refractivity contribution >= 4 is 28.6 Å². The highest BCUT2D eigenvalue weighted by molar-refractivity contribution is 5.98. The molecule has 10 heteroatoms. The Balaban J connectivity index is 1.47. The van der Waals surface area contributed by atoms with Gasteiger partial charge in [-0.2, -0.15) is 0 Å². The van der Waals surface area contributed by atoms with Crippen LogP contribution in [0.15, 0.2) is 61.1 Å². The van der Waals surface area contributed by atoms with Crippen LogP contribution in [0.2, 0.25) is 0 Å². The highest BCUT2D eigenvalue weighted by atomic mass is 16.6. The maximum absolute atomic E-state index is 13.8. The summed E-state index contributed by atoms with van der Waals surface area (Å²) in [6.07, 6.45) is 5.04. The highest BCUT2D eigenvalue weighted by Crippen LogP contribution is 2.32. The molecule has 4 heterocycles. The van der Waals surface area contributed by atoms with Crippen molar-refractivity contribution in [2.24, 2.45) is 0 Å². The minimum Gasteiger partial charge on any atom is -0.383 e. The third kappa shape index (κ3) is 4.32. The van der Waals surface area contributed by atoms with Gasteiger partial charge in [-0.25, -0.2) is 20.0 Å². The van der Waals surface area contributed by atoms with Crippen LogP contribution in [-0.2, 0) is 21.6 Å². The van der Waals surface area contributed by atoms with E-state index in [1.54, 1.807) is 61.0 Å². The second-order valence-electron chi connectivity index (χ2n) is 8.76. The van der Waals surface area contributed by atoms with E-state index in [0.29, 0.717) is 36.2 Å². The minimum absolute atomic E-state index is 0.210. The fourth-order valence-electron chi connectivity index (χ4n) is 4.09. The van der Waals surface area contributed by atoms with Crippen molar-refractivity contribution in [3.05, 3.63) is 83.4 Å². The Hall–Kier alpha value is -4.15. The summed E-state index contributed by atoms with van der Waals surface area (Å²) in [6.45, 7) is 3.08. The lowest BCUT2D eigenvalue weighted by Gasteiger charge is -2.40. The molecule has 1 saturated heterocycles. The van der Waals surface area contributed by atoms with Crippen molar-refractivity contribution in [3.8, 4) is 0 Å². The fraction of sp³-hybridized carbons (Fsp3) is 0.269. The van der Waals surface area contributed by atoms with Gasteiger partial charge in [0, 0.05) is 49.3 Å². The molecule has 36 heavy (non-hydrogen) atoms. The number of rotatable bonds is 7. The molecule has 2 N–H and O–H groups in total. The second kappa shape index (κ2) is 9.48. The van der Waals surface area contributed by atoms with Gasteiger partial charge in [-0.15, -0.1) is 0 Å². The van der Waals surface area contributed by atoms with Crippen LogP contribution in [0, 0.1) is 6.92 Å². The average molecular weight is 486 g/mol. The Kier molecular flexibility index (Phi) is 6.21. The second-order valence-corrected chi connectivity index (χ2v) is 8.76. The van der Waals surface area contributed by atoms with E-state index in [9.17, 15) is 4.79 Å². The van der Waals surface area contributed by atoms with E-state index >= 15 is 0 Å². The Morgan fingerprint density at radius 1 is 1.14 bits per heavy atom. The monoisotopic (exact) mass is 485 g/mol. The zero-order chi connectivity index (χ0) is 25.3. The summed E-state index contributed by atoms with van der Waals surface area (Å²) in [6, 6.07) is 12.9. The number of aryl methyl sites for hydroxylation is 1. The first-order valence-electron chi connectivity index (χ1n) is 11.5. The number of anilines is 2. The number of benzene rings is 1. The SMILES string of the molecule is COC1(c2ccc(CN(C(=O)c3ccc4nc(N)c(C)cc4c3)N(C)c3ncccn3)nc2)COC1. The predicted octanol–water partition coefficient (Wildman–Crippen LogP) is 2.88. The molecule has 1 fully saturated rings. The van der Waals surface area contributed by atoms with Crippen LogP contribution in [0.3, 0.4) is 0 Å². The molecule has 10 nitrogen and oxygen atoms in total. The third-order valence-corrected chi connectivity index (χ3v) is 6.45. The van der Waals surface area contributed by atoms with Gasteiger partial charge in [0.2, 0.25) is 5.95 Å². The number of nitrogen functional groups attached to an aromatic ring is 1. The molecule has 0 aliphatic carbocycles. The molecule has 184 valence electrons. The van der Waals surface area contributed by atoms with Crippen molar-refractivity contribution < 1.29 is 14.3 Å². The number of methoxy groups -OCH3 is 1. The van der Waals surface area contributed by atoms with Crippen molar-refractivity contribution in [2.45, 2.75) is 19.1 Å².